The molecule has 0 spiro atoms. The van der Waals surface area contributed by atoms with Gasteiger partial charge in [0, 0.05) is 10.9 Å². The van der Waals surface area contributed by atoms with Gasteiger partial charge in [0.15, 0.2) is 0 Å². The normalized spacial score (nSPS) is 15.6. The van der Waals surface area contributed by atoms with Gasteiger partial charge in [0.05, 0.1) is 16.0 Å². The highest BCUT2D eigenvalue weighted by Crippen LogP contribution is 2.24. The molecular weight excluding hydrogens is 273 g/mol. The average molecular weight is 291 g/mol. The second kappa shape index (κ2) is 6.77. The highest BCUT2D eigenvalue weighted by molar-refractivity contribution is 7.85. The van der Waals surface area contributed by atoms with E-state index >= 15 is 0 Å². The van der Waals surface area contributed by atoms with Crippen LogP contribution in [0.15, 0.2) is 59.5 Å². The zero-order valence-electron chi connectivity index (χ0n) is 11.5. The molecule has 0 fully saturated rings. The van der Waals surface area contributed by atoms with E-state index in [0.717, 1.165) is 5.56 Å². The van der Waals surface area contributed by atoms with E-state index in [-0.39, 0.29) is 17.1 Å². The second-order valence-corrected chi connectivity index (χ2v) is 6.45. The molecule has 0 radical (unpaired) electrons. The van der Waals surface area contributed by atoms with Gasteiger partial charge in [-0.2, -0.15) is 0 Å². The molecule has 0 aromatic heterocycles. The Kier molecular flexibility index (Phi) is 5.04. The van der Waals surface area contributed by atoms with Crippen LogP contribution in [0, 0.1) is 5.82 Å². The summed E-state index contributed by atoms with van der Waals surface area (Å²) in [4.78, 5) is 0.522. The van der Waals surface area contributed by atoms with Gasteiger partial charge < -0.3 is 5.32 Å². The standard InChI is InChI=1S/C16H18FNOS/c1-12(16(18-2)13-7-4-3-5-8-13)20(19)15-10-6-9-14(17)11-15/h3-12,16,18H,1-2H3. The lowest BCUT2D eigenvalue weighted by Gasteiger charge is -2.23. The third kappa shape index (κ3) is 3.32. The van der Waals surface area contributed by atoms with Crippen LogP contribution in [0.2, 0.25) is 0 Å². The Labute approximate surface area is 121 Å². The smallest absolute Gasteiger partial charge is 0.124 e. The molecule has 0 saturated heterocycles. The van der Waals surface area contributed by atoms with Crippen molar-refractivity contribution >= 4 is 10.8 Å². The zero-order chi connectivity index (χ0) is 14.5. The molecule has 20 heavy (non-hydrogen) atoms. The van der Waals surface area contributed by atoms with Crippen molar-refractivity contribution in [3.63, 3.8) is 0 Å². The van der Waals surface area contributed by atoms with E-state index in [1.165, 1.54) is 12.1 Å². The van der Waals surface area contributed by atoms with E-state index in [0.29, 0.717) is 4.90 Å². The number of halogens is 1. The predicted molar refractivity (Wildman–Crippen MR) is 80.5 cm³/mol. The molecule has 0 amide bonds. The molecule has 2 aromatic rings. The van der Waals surface area contributed by atoms with Crippen molar-refractivity contribution in [3.05, 3.63) is 66.0 Å². The van der Waals surface area contributed by atoms with Crippen LogP contribution in [-0.2, 0) is 10.8 Å². The van der Waals surface area contributed by atoms with Crippen molar-refractivity contribution in [1.82, 2.24) is 5.32 Å². The van der Waals surface area contributed by atoms with Crippen LogP contribution in [0.25, 0.3) is 0 Å². The third-order valence-corrected chi connectivity index (χ3v) is 4.97. The lowest BCUT2D eigenvalue weighted by atomic mass is 10.0. The summed E-state index contributed by atoms with van der Waals surface area (Å²) in [5.41, 5.74) is 1.08. The van der Waals surface area contributed by atoms with Crippen LogP contribution in [0.1, 0.15) is 18.5 Å². The molecular formula is C16H18FNOS. The van der Waals surface area contributed by atoms with Crippen LogP contribution in [0.4, 0.5) is 4.39 Å². The van der Waals surface area contributed by atoms with Crippen molar-refractivity contribution in [2.75, 3.05) is 7.05 Å². The summed E-state index contributed by atoms with van der Waals surface area (Å²) in [7, 11) is 0.573. The van der Waals surface area contributed by atoms with E-state index < -0.39 is 10.8 Å². The Morgan fingerprint density at radius 1 is 1.10 bits per heavy atom. The maximum Gasteiger partial charge on any atom is 0.124 e. The molecule has 0 aliphatic carbocycles. The fourth-order valence-corrected chi connectivity index (χ4v) is 3.67. The predicted octanol–water partition coefficient (Wildman–Crippen LogP) is 3.28. The Morgan fingerprint density at radius 3 is 2.40 bits per heavy atom. The Morgan fingerprint density at radius 2 is 1.80 bits per heavy atom. The number of nitrogens with one attached hydrogen (secondary N) is 1. The van der Waals surface area contributed by atoms with Gasteiger partial charge >= 0.3 is 0 Å². The molecule has 2 rings (SSSR count). The number of hydrogen-bond acceptors (Lipinski definition) is 2. The molecule has 106 valence electrons. The van der Waals surface area contributed by atoms with E-state index in [2.05, 4.69) is 5.32 Å². The topological polar surface area (TPSA) is 29.1 Å². The average Bonchev–Trinajstić information content (AvgIpc) is 2.48. The summed E-state index contributed by atoms with van der Waals surface area (Å²) in [6.07, 6.45) is 0. The van der Waals surface area contributed by atoms with Crippen molar-refractivity contribution in [2.45, 2.75) is 23.1 Å². The van der Waals surface area contributed by atoms with Gasteiger partial charge in [-0.05, 0) is 37.7 Å². The number of hydrogen-bond donors (Lipinski definition) is 1. The Bertz CT molecular complexity index is 588. The molecule has 0 aliphatic heterocycles. The van der Waals surface area contributed by atoms with Crippen molar-refractivity contribution < 1.29 is 8.60 Å². The molecule has 0 bridgehead atoms. The maximum atomic E-state index is 13.2. The van der Waals surface area contributed by atoms with Crippen LogP contribution >= 0.6 is 0 Å². The summed E-state index contributed by atoms with van der Waals surface area (Å²) in [5, 5.41) is 3.03. The van der Waals surface area contributed by atoms with Gasteiger partial charge in [0.2, 0.25) is 0 Å². The molecule has 4 heteroatoms. The first-order valence-electron chi connectivity index (χ1n) is 6.52. The van der Waals surface area contributed by atoms with Crippen molar-refractivity contribution in [1.29, 1.82) is 0 Å². The summed E-state index contributed by atoms with van der Waals surface area (Å²) < 4.78 is 25.8. The van der Waals surface area contributed by atoms with E-state index in [4.69, 9.17) is 0 Å². The zero-order valence-corrected chi connectivity index (χ0v) is 12.4. The molecule has 0 aliphatic rings. The SMILES string of the molecule is CNC(c1ccccc1)C(C)S(=O)c1cccc(F)c1. The first kappa shape index (κ1) is 14.9. The highest BCUT2D eigenvalue weighted by Gasteiger charge is 2.24. The van der Waals surface area contributed by atoms with Gasteiger partial charge in [0.25, 0.3) is 0 Å². The van der Waals surface area contributed by atoms with Crippen LogP contribution in [-0.4, -0.2) is 16.5 Å². The summed E-state index contributed by atoms with van der Waals surface area (Å²) in [5.74, 6) is -0.358. The van der Waals surface area contributed by atoms with Crippen molar-refractivity contribution in [3.8, 4) is 0 Å². The molecule has 2 aromatic carbocycles. The fraction of sp³-hybridized carbons (Fsp3) is 0.250. The van der Waals surface area contributed by atoms with E-state index in [1.807, 2.05) is 44.3 Å². The highest BCUT2D eigenvalue weighted by atomic mass is 32.2. The fourth-order valence-electron chi connectivity index (χ4n) is 2.26. The monoisotopic (exact) mass is 291 g/mol. The minimum atomic E-state index is -1.27. The molecule has 1 N–H and O–H groups in total. The summed E-state index contributed by atoms with van der Waals surface area (Å²) >= 11 is 0. The third-order valence-electron chi connectivity index (χ3n) is 3.31. The lowest BCUT2D eigenvalue weighted by Crippen LogP contribution is -2.30. The minimum Gasteiger partial charge on any atom is -0.312 e. The largest absolute Gasteiger partial charge is 0.312 e. The van der Waals surface area contributed by atoms with Gasteiger partial charge in [-0.3, -0.25) is 4.21 Å². The first-order valence-corrected chi connectivity index (χ1v) is 7.73. The molecule has 3 unspecified atom stereocenters. The Hall–Kier alpha value is -1.52. The molecule has 0 saturated carbocycles. The van der Waals surface area contributed by atoms with Gasteiger partial charge in [-0.15, -0.1) is 0 Å². The van der Waals surface area contributed by atoms with E-state index in [9.17, 15) is 8.60 Å². The maximum absolute atomic E-state index is 13.2. The molecule has 0 heterocycles. The molecule has 3 atom stereocenters. The Balaban J connectivity index is 2.25. The number of benzene rings is 2. The van der Waals surface area contributed by atoms with E-state index in [1.54, 1.807) is 12.1 Å². The second-order valence-electron chi connectivity index (χ2n) is 4.64. The van der Waals surface area contributed by atoms with Crippen LogP contribution in [0.5, 0.6) is 0 Å². The first-order chi connectivity index (χ1) is 9.63. The quantitative estimate of drug-likeness (QED) is 0.916. The number of rotatable bonds is 5. The molecule has 2 nitrogen and oxygen atoms in total. The lowest BCUT2D eigenvalue weighted by molar-refractivity contribution is 0.569. The van der Waals surface area contributed by atoms with Gasteiger partial charge in [0.1, 0.15) is 5.82 Å². The van der Waals surface area contributed by atoms with Gasteiger partial charge in [-0.1, -0.05) is 36.4 Å². The van der Waals surface area contributed by atoms with Crippen LogP contribution in [0.3, 0.4) is 0 Å². The van der Waals surface area contributed by atoms with Crippen molar-refractivity contribution in [2.24, 2.45) is 0 Å². The van der Waals surface area contributed by atoms with Crippen LogP contribution < -0.4 is 5.32 Å². The summed E-state index contributed by atoms with van der Waals surface area (Å²) in [6, 6.07) is 15.8. The van der Waals surface area contributed by atoms with Gasteiger partial charge in [-0.25, -0.2) is 4.39 Å². The summed E-state index contributed by atoms with van der Waals surface area (Å²) in [6.45, 7) is 1.91. The minimum absolute atomic E-state index is 0.0414.